The fraction of sp³-hybridized carbons (Fsp3) is 0.0714. The van der Waals surface area contributed by atoms with Gasteiger partial charge in [0.15, 0.2) is 0 Å². The van der Waals surface area contributed by atoms with Crippen LogP contribution in [0.3, 0.4) is 0 Å². The zero-order valence-electron chi connectivity index (χ0n) is 16.3. The Bertz CT molecular complexity index is 1530. The van der Waals surface area contributed by atoms with E-state index in [1.165, 1.54) is 49.0 Å². The maximum Gasteiger partial charge on any atom is 0.128 e. The van der Waals surface area contributed by atoms with Crippen molar-refractivity contribution in [2.75, 3.05) is 0 Å². The van der Waals surface area contributed by atoms with E-state index in [1.54, 1.807) is 0 Å². The Hall–Kier alpha value is -3.52. The van der Waals surface area contributed by atoms with Gasteiger partial charge < -0.3 is 4.74 Å². The summed E-state index contributed by atoms with van der Waals surface area (Å²) in [5, 5.41) is 7.90. The third-order valence-corrected chi connectivity index (χ3v) is 6.67. The molecular weight excluding hydrogens is 363 g/mol. The minimum absolute atomic E-state index is 0.0466. The van der Waals surface area contributed by atoms with Crippen LogP contribution in [0.1, 0.15) is 17.0 Å². The first-order valence-electron chi connectivity index (χ1n) is 10.4. The molecule has 7 rings (SSSR count). The fourth-order valence-corrected chi connectivity index (χ4v) is 5.29. The van der Waals surface area contributed by atoms with Crippen molar-refractivity contribution >= 4 is 51.2 Å². The zero-order chi connectivity index (χ0) is 19.8. The Morgan fingerprint density at radius 2 is 1.53 bits per heavy atom. The first kappa shape index (κ1) is 16.3. The quantitative estimate of drug-likeness (QED) is 0.261. The van der Waals surface area contributed by atoms with Gasteiger partial charge in [-0.3, -0.25) is 0 Å². The van der Waals surface area contributed by atoms with Crippen molar-refractivity contribution in [3.63, 3.8) is 0 Å². The van der Waals surface area contributed by atoms with Crippen LogP contribution in [0.4, 0.5) is 0 Å². The van der Waals surface area contributed by atoms with Gasteiger partial charge in [-0.15, -0.1) is 0 Å². The molecule has 2 atom stereocenters. The van der Waals surface area contributed by atoms with Gasteiger partial charge >= 0.3 is 0 Å². The number of ether oxygens (including phenoxy) is 1. The van der Waals surface area contributed by atoms with Gasteiger partial charge in [-0.1, -0.05) is 84.3 Å². The molecule has 2 radical (unpaired) electrons. The van der Waals surface area contributed by atoms with Crippen molar-refractivity contribution in [1.82, 2.24) is 0 Å². The number of fused-ring (bicyclic) bond motifs is 3. The summed E-state index contributed by atoms with van der Waals surface area (Å²) in [5.74, 6) is 1.14. The van der Waals surface area contributed by atoms with Crippen molar-refractivity contribution in [2.45, 2.75) is 12.0 Å². The molecule has 1 heterocycles. The van der Waals surface area contributed by atoms with Crippen molar-refractivity contribution < 1.29 is 4.74 Å². The van der Waals surface area contributed by atoms with Crippen LogP contribution in [0.2, 0.25) is 0 Å². The second kappa shape index (κ2) is 5.76. The number of hydrogen-bond acceptors (Lipinski definition) is 1. The molecule has 0 aromatic heterocycles. The molecule has 5 aromatic carbocycles. The molecule has 1 aliphatic carbocycles. The van der Waals surface area contributed by atoms with E-state index in [0.717, 1.165) is 11.2 Å². The van der Waals surface area contributed by atoms with Crippen molar-refractivity contribution in [3.05, 3.63) is 102 Å². The molecule has 5 aromatic rings. The van der Waals surface area contributed by atoms with Crippen LogP contribution in [0.15, 0.2) is 91.0 Å². The molecule has 138 valence electrons. The molecule has 30 heavy (non-hydrogen) atoms. The molecule has 2 aliphatic rings. The van der Waals surface area contributed by atoms with Crippen molar-refractivity contribution in [2.24, 2.45) is 0 Å². The fourth-order valence-electron chi connectivity index (χ4n) is 5.29. The Kier molecular flexibility index (Phi) is 3.13. The zero-order valence-corrected chi connectivity index (χ0v) is 16.3. The van der Waals surface area contributed by atoms with Crippen LogP contribution < -0.4 is 10.2 Å². The van der Waals surface area contributed by atoms with Crippen LogP contribution in [0, 0.1) is 0 Å². The highest BCUT2D eigenvalue weighted by Crippen LogP contribution is 2.45. The summed E-state index contributed by atoms with van der Waals surface area (Å²) in [5.41, 5.74) is 4.48. The normalized spacial score (nSPS) is 19.8. The minimum atomic E-state index is 0.0466. The molecule has 2 heteroatoms. The van der Waals surface area contributed by atoms with E-state index in [9.17, 15) is 0 Å². The van der Waals surface area contributed by atoms with Crippen LogP contribution in [0.25, 0.3) is 37.9 Å². The smallest absolute Gasteiger partial charge is 0.128 e. The third kappa shape index (κ3) is 2.14. The van der Waals surface area contributed by atoms with Crippen LogP contribution in [-0.4, -0.2) is 14.0 Å². The Balaban J connectivity index is 1.47. The Morgan fingerprint density at radius 1 is 0.767 bits per heavy atom. The van der Waals surface area contributed by atoms with E-state index < -0.39 is 0 Å². The van der Waals surface area contributed by atoms with E-state index in [0.29, 0.717) is 0 Å². The predicted molar refractivity (Wildman–Crippen MR) is 126 cm³/mol. The van der Waals surface area contributed by atoms with Gasteiger partial charge in [-0.2, -0.15) is 0 Å². The van der Waals surface area contributed by atoms with E-state index in [2.05, 4.69) is 78.9 Å². The molecule has 0 N–H and O–H groups in total. The molecule has 0 spiro atoms. The van der Waals surface area contributed by atoms with Gasteiger partial charge in [0.1, 0.15) is 19.7 Å². The lowest BCUT2D eigenvalue weighted by molar-refractivity contribution is 0.269. The van der Waals surface area contributed by atoms with Gasteiger partial charge in [0.25, 0.3) is 0 Å². The maximum atomic E-state index is 6.14. The molecule has 0 bridgehead atoms. The summed E-state index contributed by atoms with van der Waals surface area (Å²) < 4.78 is 6.14. The summed E-state index contributed by atoms with van der Waals surface area (Å²) >= 11 is 0. The van der Waals surface area contributed by atoms with Gasteiger partial charge in [-0.05, 0) is 55.6 Å². The summed E-state index contributed by atoms with van der Waals surface area (Å²) in [7, 11) is 6.06. The molecule has 0 amide bonds. The van der Waals surface area contributed by atoms with Gasteiger partial charge in [0.05, 0.1) is 0 Å². The van der Waals surface area contributed by atoms with Gasteiger partial charge in [0.2, 0.25) is 0 Å². The molecule has 1 nitrogen and oxygen atoms in total. The summed E-state index contributed by atoms with van der Waals surface area (Å²) in [6, 6.07) is 26.0. The number of allylic oxidation sites excluding steroid dienone is 2. The number of benzene rings is 5. The van der Waals surface area contributed by atoms with Crippen LogP contribution in [0.5, 0.6) is 5.75 Å². The largest absolute Gasteiger partial charge is 0.485 e. The lowest BCUT2D eigenvalue weighted by atomic mass is 9.83. The first-order valence-corrected chi connectivity index (χ1v) is 10.4. The first-order chi connectivity index (χ1) is 14.8. The molecule has 2 unspecified atom stereocenters. The Labute approximate surface area is 176 Å². The van der Waals surface area contributed by atoms with E-state index >= 15 is 0 Å². The third-order valence-electron chi connectivity index (χ3n) is 6.67. The second-order valence-electron chi connectivity index (χ2n) is 8.36. The monoisotopic (exact) mass is 380 g/mol. The highest BCUT2D eigenvalue weighted by Gasteiger charge is 2.33. The highest BCUT2D eigenvalue weighted by molar-refractivity contribution is 6.32. The minimum Gasteiger partial charge on any atom is -0.485 e. The molecule has 1 aliphatic heterocycles. The van der Waals surface area contributed by atoms with E-state index in [4.69, 9.17) is 12.6 Å². The number of hydrogen-bond donors (Lipinski definition) is 0. The molecule has 0 saturated heterocycles. The second-order valence-corrected chi connectivity index (χ2v) is 8.36. The SMILES string of the molecule is [B]c1ccc2c(c1)C1C=C(c3ccc4ccc5cccc6ccc3c4c56)C=CC1O2. The lowest BCUT2D eigenvalue weighted by Gasteiger charge is -2.20. The van der Waals surface area contributed by atoms with E-state index in [-0.39, 0.29) is 12.0 Å². The maximum absolute atomic E-state index is 6.14. The van der Waals surface area contributed by atoms with E-state index in [1.807, 2.05) is 12.1 Å². The highest BCUT2D eigenvalue weighted by atomic mass is 16.5. The lowest BCUT2D eigenvalue weighted by Crippen LogP contribution is -2.17. The number of rotatable bonds is 1. The summed E-state index contributed by atoms with van der Waals surface area (Å²) in [4.78, 5) is 0. The van der Waals surface area contributed by atoms with Crippen LogP contribution in [-0.2, 0) is 0 Å². The standard InChI is InChI=1S/C28H17BO/c29-20-9-13-26-24(15-20)23-14-19(8-12-25(23)30-26)21-10-6-18-5-4-16-2-1-3-17-7-11-22(21)28(18)27(16)17/h1-15,23,25H. The Morgan fingerprint density at radius 3 is 2.40 bits per heavy atom. The topological polar surface area (TPSA) is 9.23 Å². The predicted octanol–water partition coefficient (Wildman–Crippen LogP) is 5.88. The molecule has 0 fully saturated rings. The molecular formula is C28H17BO. The summed E-state index contributed by atoms with van der Waals surface area (Å²) in [6.45, 7) is 0. The van der Waals surface area contributed by atoms with Crippen molar-refractivity contribution in [3.8, 4) is 5.75 Å². The van der Waals surface area contributed by atoms with Gasteiger partial charge in [0, 0.05) is 11.5 Å². The summed E-state index contributed by atoms with van der Waals surface area (Å²) in [6.07, 6.45) is 6.80. The average molecular weight is 380 g/mol. The van der Waals surface area contributed by atoms with Crippen molar-refractivity contribution in [1.29, 1.82) is 0 Å². The van der Waals surface area contributed by atoms with Gasteiger partial charge in [-0.25, -0.2) is 0 Å². The van der Waals surface area contributed by atoms with Crippen LogP contribution >= 0.6 is 0 Å². The molecule has 0 saturated carbocycles. The average Bonchev–Trinajstić information content (AvgIpc) is 3.14.